The van der Waals surface area contributed by atoms with Gasteiger partial charge in [-0.15, -0.1) is 11.3 Å². The van der Waals surface area contributed by atoms with E-state index < -0.39 is 27.9 Å². The van der Waals surface area contributed by atoms with E-state index in [0.717, 1.165) is 24.2 Å². The van der Waals surface area contributed by atoms with E-state index in [1.54, 1.807) is 5.38 Å². The van der Waals surface area contributed by atoms with Crippen molar-refractivity contribution >= 4 is 27.3 Å². The van der Waals surface area contributed by atoms with Gasteiger partial charge in [0, 0.05) is 19.6 Å². The molecule has 1 saturated heterocycles. The molecule has 1 aliphatic rings. The highest BCUT2D eigenvalue weighted by molar-refractivity contribution is 7.89. The highest BCUT2D eigenvalue weighted by Gasteiger charge is 2.31. The largest absolute Gasteiger partial charge is 0.387 e. The van der Waals surface area contributed by atoms with Crippen LogP contribution in [-0.2, 0) is 10.0 Å². The van der Waals surface area contributed by atoms with Crippen molar-refractivity contribution < 1.29 is 22.7 Å². The summed E-state index contributed by atoms with van der Waals surface area (Å²) in [7, 11) is -3.69. The van der Waals surface area contributed by atoms with E-state index in [1.165, 1.54) is 34.6 Å². The fraction of sp³-hybridized carbons (Fsp3) is 0.353. The number of hydrogen-bond acceptors (Lipinski definition) is 5. The summed E-state index contributed by atoms with van der Waals surface area (Å²) in [5.41, 5.74) is 0.461. The minimum atomic E-state index is -3.69. The molecule has 0 bridgehead atoms. The van der Waals surface area contributed by atoms with Crippen LogP contribution in [0.3, 0.4) is 0 Å². The minimum absolute atomic E-state index is 0.00169. The number of thiophene rings is 1. The lowest BCUT2D eigenvalue weighted by atomic mass is 10.1. The molecule has 1 fully saturated rings. The van der Waals surface area contributed by atoms with Gasteiger partial charge in [0.15, 0.2) is 0 Å². The second kappa shape index (κ2) is 7.83. The molecule has 1 aromatic heterocycles. The summed E-state index contributed by atoms with van der Waals surface area (Å²) in [6.45, 7) is 0.816. The Morgan fingerprint density at radius 3 is 2.54 bits per heavy atom. The third-order valence-corrected chi connectivity index (χ3v) is 7.21. The summed E-state index contributed by atoms with van der Waals surface area (Å²) in [5, 5.41) is 14.2. The molecule has 9 heteroatoms. The molecule has 1 aromatic carbocycles. The standard InChI is InChI=1S/C17H19FN2O4S2/c18-13-5-3-12(4-6-13)14(21)11-19-17(22)16-15(7-10-25-16)26(23,24)20-8-1-2-9-20/h3-7,10,14,21H,1-2,8-9,11H2,(H,19,22). The summed E-state index contributed by atoms with van der Waals surface area (Å²) in [5.74, 6) is -0.973. The Hall–Kier alpha value is -1.81. The number of amides is 1. The van der Waals surface area contributed by atoms with E-state index in [4.69, 9.17) is 0 Å². The number of nitrogens with one attached hydrogen (secondary N) is 1. The molecule has 1 amide bonds. The molecular weight excluding hydrogens is 379 g/mol. The quantitative estimate of drug-likeness (QED) is 0.781. The molecule has 3 rings (SSSR count). The number of nitrogens with zero attached hydrogens (tertiary/aromatic N) is 1. The number of hydrogen-bond donors (Lipinski definition) is 2. The van der Waals surface area contributed by atoms with E-state index in [-0.39, 0.29) is 16.3 Å². The number of rotatable bonds is 6. The summed E-state index contributed by atoms with van der Waals surface area (Å²) < 4.78 is 39.7. The summed E-state index contributed by atoms with van der Waals surface area (Å²) >= 11 is 1.04. The Balaban J connectivity index is 1.69. The molecule has 0 aliphatic carbocycles. The fourth-order valence-electron chi connectivity index (χ4n) is 2.81. The molecule has 2 heterocycles. The van der Waals surface area contributed by atoms with Crippen molar-refractivity contribution in [2.75, 3.05) is 19.6 Å². The Morgan fingerprint density at radius 2 is 1.88 bits per heavy atom. The van der Waals surface area contributed by atoms with Crippen LogP contribution in [0.5, 0.6) is 0 Å². The zero-order valence-electron chi connectivity index (χ0n) is 13.9. The minimum Gasteiger partial charge on any atom is -0.387 e. The molecule has 1 aliphatic heterocycles. The van der Waals surface area contributed by atoms with E-state index in [1.807, 2.05) is 0 Å². The first-order valence-electron chi connectivity index (χ1n) is 8.19. The molecule has 1 atom stereocenters. The molecule has 0 spiro atoms. The lowest BCUT2D eigenvalue weighted by Gasteiger charge is -2.16. The van der Waals surface area contributed by atoms with E-state index in [9.17, 15) is 22.7 Å². The maximum Gasteiger partial charge on any atom is 0.262 e. The van der Waals surface area contributed by atoms with Crippen LogP contribution in [0.25, 0.3) is 0 Å². The molecule has 0 saturated carbocycles. The highest BCUT2D eigenvalue weighted by Crippen LogP contribution is 2.27. The molecule has 2 N–H and O–H groups in total. The summed E-state index contributed by atoms with van der Waals surface area (Å²) in [6, 6.07) is 6.74. The van der Waals surface area contributed by atoms with Gasteiger partial charge in [0.2, 0.25) is 10.0 Å². The maximum atomic E-state index is 12.9. The first-order valence-corrected chi connectivity index (χ1v) is 10.5. The van der Waals surface area contributed by atoms with Gasteiger partial charge in [0.1, 0.15) is 15.6 Å². The lowest BCUT2D eigenvalue weighted by Crippen LogP contribution is -2.32. The molecule has 0 radical (unpaired) electrons. The molecule has 1 unspecified atom stereocenters. The lowest BCUT2D eigenvalue weighted by molar-refractivity contribution is 0.0917. The Labute approximate surface area is 155 Å². The normalized spacial score (nSPS) is 16.5. The van der Waals surface area contributed by atoms with Crippen LogP contribution in [0.2, 0.25) is 0 Å². The number of sulfonamides is 1. The van der Waals surface area contributed by atoms with Crippen molar-refractivity contribution in [1.82, 2.24) is 9.62 Å². The van der Waals surface area contributed by atoms with Gasteiger partial charge in [0.25, 0.3) is 5.91 Å². The predicted octanol–water partition coefficient (Wildman–Crippen LogP) is 2.14. The first kappa shape index (κ1) is 19.0. The van der Waals surface area contributed by atoms with Crippen molar-refractivity contribution in [3.8, 4) is 0 Å². The monoisotopic (exact) mass is 398 g/mol. The number of benzene rings is 1. The highest BCUT2D eigenvalue weighted by atomic mass is 32.2. The van der Waals surface area contributed by atoms with E-state index in [0.29, 0.717) is 18.7 Å². The molecule has 6 nitrogen and oxygen atoms in total. The van der Waals surface area contributed by atoms with Crippen LogP contribution in [0.1, 0.15) is 34.2 Å². The maximum absolute atomic E-state index is 12.9. The molecular formula is C17H19FN2O4S2. The third-order valence-electron chi connectivity index (χ3n) is 4.23. The number of aliphatic hydroxyl groups is 1. The number of halogens is 1. The number of carbonyl (C=O) groups excluding carboxylic acids is 1. The van der Waals surface area contributed by atoms with Crippen molar-refractivity contribution in [3.63, 3.8) is 0 Å². The third kappa shape index (κ3) is 3.96. The average molecular weight is 398 g/mol. The first-order chi connectivity index (χ1) is 12.4. The van der Waals surface area contributed by atoms with E-state index in [2.05, 4.69) is 5.32 Å². The Bertz CT molecular complexity index is 874. The van der Waals surface area contributed by atoms with Gasteiger partial charge in [-0.2, -0.15) is 4.31 Å². The Kier molecular flexibility index (Phi) is 5.71. The van der Waals surface area contributed by atoms with Crippen molar-refractivity contribution in [2.24, 2.45) is 0 Å². The van der Waals surface area contributed by atoms with Crippen LogP contribution in [0.15, 0.2) is 40.6 Å². The topological polar surface area (TPSA) is 86.7 Å². The van der Waals surface area contributed by atoms with Gasteiger partial charge in [-0.05, 0) is 42.0 Å². The van der Waals surface area contributed by atoms with Crippen molar-refractivity contribution in [3.05, 3.63) is 52.0 Å². The number of aliphatic hydroxyl groups excluding tert-OH is 1. The van der Waals surface area contributed by atoms with Crippen LogP contribution in [0.4, 0.5) is 4.39 Å². The number of carbonyl (C=O) groups is 1. The Morgan fingerprint density at radius 1 is 1.23 bits per heavy atom. The SMILES string of the molecule is O=C(NCC(O)c1ccc(F)cc1)c1sccc1S(=O)(=O)N1CCCC1. The second-order valence-electron chi connectivity index (χ2n) is 6.00. The van der Waals surface area contributed by atoms with Gasteiger partial charge in [-0.3, -0.25) is 4.79 Å². The van der Waals surface area contributed by atoms with Crippen LogP contribution in [-0.4, -0.2) is 43.4 Å². The van der Waals surface area contributed by atoms with Gasteiger partial charge in [-0.25, -0.2) is 12.8 Å². The van der Waals surface area contributed by atoms with E-state index >= 15 is 0 Å². The van der Waals surface area contributed by atoms with Crippen molar-refractivity contribution in [2.45, 2.75) is 23.8 Å². The van der Waals surface area contributed by atoms with Crippen molar-refractivity contribution in [1.29, 1.82) is 0 Å². The predicted molar refractivity (Wildman–Crippen MR) is 96.0 cm³/mol. The van der Waals surface area contributed by atoms with Crippen LogP contribution < -0.4 is 5.32 Å². The zero-order valence-corrected chi connectivity index (χ0v) is 15.5. The average Bonchev–Trinajstić information content (AvgIpc) is 3.31. The van der Waals surface area contributed by atoms with Gasteiger partial charge in [0.05, 0.1) is 6.10 Å². The summed E-state index contributed by atoms with van der Waals surface area (Å²) in [6.07, 6.45) is 0.613. The van der Waals surface area contributed by atoms with Gasteiger partial charge >= 0.3 is 0 Å². The van der Waals surface area contributed by atoms with Gasteiger partial charge < -0.3 is 10.4 Å². The zero-order chi connectivity index (χ0) is 18.7. The smallest absolute Gasteiger partial charge is 0.262 e. The second-order valence-corrected chi connectivity index (χ2v) is 8.83. The summed E-state index contributed by atoms with van der Waals surface area (Å²) in [4.78, 5) is 12.5. The molecule has 140 valence electrons. The molecule has 26 heavy (non-hydrogen) atoms. The molecule has 2 aromatic rings. The van der Waals surface area contributed by atoms with Crippen LogP contribution >= 0.6 is 11.3 Å². The fourth-order valence-corrected chi connectivity index (χ4v) is 5.64. The van der Waals surface area contributed by atoms with Gasteiger partial charge in [-0.1, -0.05) is 12.1 Å². The van der Waals surface area contributed by atoms with Crippen LogP contribution in [0, 0.1) is 5.82 Å².